The monoisotopic (exact) mass is 187 g/mol. The molecule has 0 aliphatic rings. The van der Waals surface area contributed by atoms with Crippen molar-refractivity contribution in [2.75, 3.05) is 5.73 Å². The number of nitrogen functional groups attached to an aromatic ring is 1. The molecule has 2 aromatic rings. The third kappa shape index (κ3) is 1.76. The highest BCUT2D eigenvalue weighted by atomic mass is 15.0. The van der Waals surface area contributed by atoms with Crippen molar-refractivity contribution in [1.82, 2.24) is 9.55 Å². The Balaban J connectivity index is 2.23. The van der Waals surface area contributed by atoms with Gasteiger partial charge in [-0.2, -0.15) is 0 Å². The lowest BCUT2D eigenvalue weighted by molar-refractivity contribution is 0.762. The lowest BCUT2D eigenvalue weighted by Crippen LogP contribution is -2.01. The van der Waals surface area contributed by atoms with Gasteiger partial charge in [-0.3, -0.25) is 0 Å². The minimum Gasteiger partial charge on any atom is -0.399 e. The van der Waals surface area contributed by atoms with Crippen molar-refractivity contribution in [2.24, 2.45) is 0 Å². The second-order valence-corrected chi connectivity index (χ2v) is 3.35. The van der Waals surface area contributed by atoms with Gasteiger partial charge >= 0.3 is 0 Å². The minimum atomic E-state index is 0.806. The fraction of sp³-hybridized carbons (Fsp3) is 0.182. The summed E-state index contributed by atoms with van der Waals surface area (Å²) in [6.45, 7) is 2.82. The fourth-order valence-corrected chi connectivity index (χ4v) is 1.46. The Morgan fingerprint density at radius 2 is 2.29 bits per heavy atom. The Morgan fingerprint density at radius 3 is 2.93 bits per heavy atom. The topological polar surface area (TPSA) is 43.8 Å². The molecule has 1 aromatic carbocycles. The van der Waals surface area contributed by atoms with Crippen LogP contribution in [-0.2, 0) is 6.54 Å². The van der Waals surface area contributed by atoms with Gasteiger partial charge in [-0.05, 0) is 24.6 Å². The highest BCUT2D eigenvalue weighted by Crippen LogP contribution is 2.09. The van der Waals surface area contributed by atoms with Crippen LogP contribution in [0.15, 0.2) is 36.7 Å². The van der Waals surface area contributed by atoms with Crippen LogP contribution in [0.25, 0.3) is 0 Å². The van der Waals surface area contributed by atoms with Crippen LogP contribution >= 0.6 is 0 Å². The maximum atomic E-state index is 5.70. The zero-order chi connectivity index (χ0) is 9.97. The molecule has 0 bridgehead atoms. The molecule has 72 valence electrons. The van der Waals surface area contributed by atoms with Gasteiger partial charge in [0.05, 0.1) is 0 Å². The summed E-state index contributed by atoms with van der Waals surface area (Å²) >= 11 is 0. The van der Waals surface area contributed by atoms with E-state index in [2.05, 4.69) is 15.6 Å². The first-order chi connectivity index (χ1) is 6.75. The SMILES string of the molecule is Cc1nccn1Cc1cccc(N)c1. The molecule has 2 rings (SSSR count). The summed E-state index contributed by atoms with van der Waals surface area (Å²) in [4.78, 5) is 4.17. The predicted octanol–water partition coefficient (Wildman–Crippen LogP) is 1.82. The first kappa shape index (κ1) is 8.81. The van der Waals surface area contributed by atoms with E-state index in [0.717, 1.165) is 18.1 Å². The Kier molecular flexibility index (Phi) is 2.23. The van der Waals surface area contributed by atoms with Crippen molar-refractivity contribution in [3.05, 3.63) is 48.0 Å². The van der Waals surface area contributed by atoms with Gasteiger partial charge in [-0.1, -0.05) is 12.1 Å². The van der Waals surface area contributed by atoms with Crippen LogP contribution in [0.1, 0.15) is 11.4 Å². The molecule has 0 amide bonds. The van der Waals surface area contributed by atoms with Gasteiger partial charge < -0.3 is 10.3 Å². The van der Waals surface area contributed by atoms with Gasteiger partial charge in [0.1, 0.15) is 5.82 Å². The number of imidazole rings is 1. The molecule has 0 saturated carbocycles. The Labute approximate surface area is 83.2 Å². The number of nitrogens with two attached hydrogens (primary N) is 1. The molecule has 1 aromatic heterocycles. The molecule has 0 radical (unpaired) electrons. The van der Waals surface area contributed by atoms with E-state index >= 15 is 0 Å². The van der Waals surface area contributed by atoms with Gasteiger partial charge in [0.2, 0.25) is 0 Å². The standard InChI is InChI=1S/C11H13N3/c1-9-13-5-6-14(9)8-10-3-2-4-11(12)7-10/h2-7H,8,12H2,1H3. The third-order valence-corrected chi connectivity index (χ3v) is 2.23. The van der Waals surface area contributed by atoms with Gasteiger partial charge in [-0.15, -0.1) is 0 Å². The lowest BCUT2D eigenvalue weighted by Gasteiger charge is -2.05. The number of anilines is 1. The van der Waals surface area contributed by atoms with Gasteiger partial charge in [-0.25, -0.2) is 4.98 Å². The summed E-state index contributed by atoms with van der Waals surface area (Å²) in [6, 6.07) is 7.91. The van der Waals surface area contributed by atoms with Crippen LogP contribution in [0.4, 0.5) is 5.69 Å². The van der Waals surface area contributed by atoms with Crippen molar-refractivity contribution in [3.8, 4) is 0 Å². The van der Waals surface area contributed by atoms with E-state index in [1.54, 1.807) is 0 Å². The smallest absolute Gasteiger partial charge is 0.105 e. The van der Waals surface area contributed by atoms with Crippen molar-refractivity contribution < 1.29 is 0 Å². The quantitative estimate of drug-likeness (QED) is 0.729. The van der Waals surface area contributed by atoms with Crippen LogP contribution < -0.4 is 5.73 Å². The van der Waals surface area contributed by atoms with E-state index in [0.29, 0.717) is 0 Å². The van der Waals surface area contributed by atoms with Crippen LogP contribution in [0.2, 0.25) is 0 Å². The van der Waals surface area contributed by atoms with Crippen molar-refractivity contribution in [3.63, 3.8) is 0 Å². The van der Waals surface area contributed by atoms with Crippen LogP contribution in [-0.4, -0.2) is 9.55 Å². The summed E-state index contributed by atoms with van der Waals surface area (Å²) in [7, 11) is 0. The Bertz CT molecular complexity index is 432. The summed E-state index contributed by atoms with van der Waals surface area (Å²) in [5, 5.41) is 0. The molecule has 3 nitrogen and oxygen atoms in total. The first-order valence-electron chi connectivity index (χ1n) is 4.58. The largest absolute Gasteiger partial charge is 0.399 e. The predicted molar refractivity (Wildman–Crippen MR) is 56.9 cm³/mol. The highest BCUT2D eigenvalue weighted by Gasteiger charge is 1.98. The molecule has 0 spiro atoms. The lowest BCUT2D eigenvalue weighted by atomic mass is 10.2. The maximum absolute atomic E-state index is 5.70. The molecule has 3 heteroatoms. The maximum Gasteiger partial charge on any atom is 0.105 e. The van der Waals surface area contributed by atoms with Gasteiger partial charge in [0.25, 0.3) is 0 Å². The number of hydrogen-bond donors (Lipinski definition) is 1. The molecule has 0 aliphatic carbocycles. The Hall–Kier alpha value is -1.77. The number of rotatable bonds is 2. The van der Waals surface area contributed by atoms with E-state index in [-0.39, 0.29) is 0 Å². The van der Waals surface area contributed by atoms with E-state index in [1.807, 2.05) is 37.5 Å². The molecule has 14 heavy (non-hydrogen) atoms. The number of hydrogen-bond acceptors (Lipinski definition) is 2. The number of aryl methyl sites for hydroxylation is 1. The van der Waals surface area contributed by atoms with E-state index < -0.39 is 0 Å². The van der Waals surface area contributed by atoms with Crippen molar-refractivity contribution in [2.45, 2.75) is 13.5 Å². The summed E-state index contributed by atoms with van der Waals surface area (Å²) in [6.07, 6.45) is 3.78. The zero-order valence-corrected chi connectivity index (χ0v) is 8.14. The third-order valence-electron chi connectivity index (χ3n) is 2.23. The molecule has 0 saturated heterocycles. The van der Waals surface area contributed by atoms with Crippen molar-refractivity contribution in [1.29, 1.82) is 0 Å². The molecule has 0 unspecified atom stereocenters. The fourth-order valence-electron chi connectivity index (χ4n) is 1.46. The Morgan fingerprint density at radius 1 is 1.43 bits per heavy atom. The van der Waals surface area contributed by atoms with E-state index in [1.165, 1.54) is 5.56 Å². The first-order valence-corrected chi connectivity index (χ1v) is 4.58. The van der Waals surface area contributed by atoms with Gasteiger partial charge in [0.15, 0.2) is 0 Å². The van der Waals surface area contributed by atoms with Crippen LogP contribution in [0.5, 0.6) is 0 Å². The summed E-state index contributed by atoms with van der Waals surface area (Å²) in [5.74, 6) is 1.02. The molecular weight excluding hydrogens is 174 g/mol. The summed E-state index contributed by atoms with van der Waals surface area (Å²) in [5.41, 5.74) is 7.71. The average molecular weight is 187 g/mol. The molecule has 0 atom stereocenters. The number of aromatic nitrogens is 2. The molecule has 0 fully saturated rings. The highest BCUT2D eigenvalue weighted by molar-refractivity contribution is 5.40. The molecular formula is C11H13N3. The van der Waals surface area contributed by atoms with E-state index in [4.69, 9.17) is 5.73 Å². The second kappa shape index (κ2) is 3.54. The molecule has 1 heterocycles. The van der Waals surface area contributed by atoms with Crippen molar-refractivity contribution >= 4 is 5.69 Å². The number of nitrogens with zero attached hydrogens (tertiary/aromatic N) is 2. The average Bonchev–Trinajstić information content (AvgIpc) is 2.52. The van der Waals surface area contributed by atoms with Gasteiger partial charge in [0, 0.05) is 24.6 Å². The normalized spacial score (nSPS) is 10.4. The molecule has 2 N–H and O–H groups in total. The number of benzene rings is 1. The van der Waals surface area contributed by atoms with Crippen LogP contribution in [0.3, 0.4) is 0 Å². The zero-order valence-electron chi connectivity index (χ0n) is 8.14. The van der Waals surface area contributed by atoms with Crippen LogP contribution in [0, 0.1) is 6.92 Å². The minimum absolute atomic E-state index is 0.806. The van der Waals surface area contributed by atoms with E-state index in [9.17, 15) is 0 Å². The molecule has 0 aliphatic heterocycles. The second-order valence-electron chi connectivity index (χ2n) is 3.35. The summed E-state index contributed by atoms with van der Waals surface area (Å²) < 4.78 is 2.09.